The lowest BCUT2D eigenvalue weighted by Crippen LogP contribution is -2.28. The molecule has 2 amide bonds. The zero-order valence-corrected chi connectivity index (χ0v) is 8.91. The molecule has 0 bridgehead atoms. The summed E-state index contributed by atoms with van der Waals surface area (Å²) < 4.78 is 25.6. The Hall–Kier alpha value is -1.65. The fourth-order valence-corrected chi connectivity index (χ4v) is 1.71. The second kappa shape index (κ2) is 4.08. The van der Waals surface area contributed by atoms with E-state index in [1.807, 2.05) is 0 Å². The average Bonchev–Trinajstić information content (AvgIpc) is 2.55. The van der Waals surface area contributed by atoms with Gasteiger partial charge >= 0.3 is 6.03 Å². The van der Waals surface area contributed by atoms with Gasteiger partial charge in [-0.05, 0) is 17.7 Å². The van der Waals surface area contributed by atoms with Gasteiger partial charge in [0.2, 0.25) is 0 Å². The van der Waals surface area contributed by atoms with Crippen molar-refractivity contribution in [2.75, 3.05) is 20.1 Å². The van der Waals surface area contributed by atoms with Crippen molar-refractivity contribution in [3.05, 3.63) is 35.4 Å². The van der Waals surface area contributed by atoms with E-state index in [-0.39, 0.29) is 6.03 Å². The Morgan fingerprint density at radius 1 is 1.25 bits per heavy atom. The summed E-state index contributed by atoms with van der Waals surface area (Å²) in [5.74, 6) is -1.74. The number of hydrogen-bond acceptors (Lipinski definition) is 1. The second-order valence-corrected chi connectivity index (χ2v) is 3.87. The predicted molar refractivity (Wildman–Crippen MR) is 54.8 cm³/mol. The first-order chi connectivity index (χ1) is 7.58. The number of urea groups is 1. The first kappa shape index (κ1) is 10.9. The van der Waals surface area contributed by atoms with E-state index in [4.69, 9.17) is 0 Å². The van der Waals surface area contributed by atoms with Crippen LogP contribution < -0.4 is 0 Å². The number of halogens is 2. The Balaban J connectivity index is 2.10. The largest absolute Gasteiger partial charge is 0.326 e. The first-order valence-corrected chi connectivity index (χ1v) is 5.02. The highest BCUT2D eigenvalue weighted by Crippen LogP contribution is 2.14. The summed E-state index contributed by atoms with van der Waals surface area (Å²) >= 11 is 0. The van der Waals surface area contributed by atoms with E-state index in [9.17, 15) is 13.6 Å². The average molecular weight is 226 g/mol. The summed E-state index contributed by atoms with van der Waals surface area (Å²) in [4.78, 5) is 14.7. The first-order valence-electron chi connectivity index (χ1n) is 5.02. The van der Waals surface area contributed by atoms with E-state index in [2.05, 4.69) is 0 Å². The molecular formula is C11H12F2N2O. The van der Waals surface area contributed by atoms with E-state index in [0.29, 0.717) is 25.2 Å². The van der Waals surface area contributed by atoms with Gasteiger partial charge in [0, 0.05) is 26.7 Å². The van der Waals surface area contributed by atoms with Crippen LogP contribution in [0.2, 0.25) is 0 Å². The molecule has 1 heterocycles. The summed E-state index contributed by atoms with van der Waals surface area (Å²) in [5, 5.41) is 0. The lowest BCUT2D eigenvalue weighted by molar-refractivity contribution is 0.197. The molecule has 16 heavy (non-hydrogen) atoms. The summed E-state index contributed by atoms with van der Waals surface area (Å²) in [6.07, 6.45) is 0. The monoisotopic (exact) mass is 226 g/mol. The molecule has 1 fully saturated rings. The highest BCUT2D eigenvalue weighted by Gasteiger charge is 2.25. The molecule has 1 saturated heterocycles. The zero-order valence-electron chi connectivity index (χ0n) is 8.91. The summed E-state index contributed by atoms with van der Waals surface area (Å²) in [6.45, 7) is 1.61. The van der Waals surface area contributed by atoms with Crippen LogP contribution in [-0.2, 0) is 6.54 Å². The van der Waals surface area contributed by atoms with Crippen molar-refractivity contribution in [1.29, 1.82) is 0 Å². The molecule has 0 saturated carbocycles. The summed E-state index contributed by atoms with van der Waals surface area (Å²) in [6, 6.07) is 3.62. The number of carbonyl (C=O) groups is 1. The van der Waals surface area contributed by atoms with Gasteiger partial charge in [-0.3, -0.25) is 0 Å². The number of nitrogens with zero attached hydrogens (tertiary/aromatic N) is 2. The highest BCUT2D eigenvalue weighted by molar-refractivity contribution is 5.76. The molecule has 0 aliphatic carbocycles. The van der Waals surface area contributed by atoms with Gasteiger partial charge in [0.25, 0.3) is 0 Å². The van der Waals surface area contributed by atoms with Crippen LogP contribution in [0.5, 0.6) is 0 Å². The van der Waals surface area contributed by atoms with Crippen molar-refractivity contribution in [2.24, 2.45) is 0 Å². The molecule has 3 nitrogen and oxygen atoms in total. The molecule has 0 N–H and O–H groups in total. The zero-order chi connectivity index (χ0) is 11.7. The highest BCUT2D eigenvalue weighted by atomic mass is 19.2. The van der Waals surface area contributed by atoms with Crippen molar-refractivity contribution in [1.82, 2.24) is 9.80 Å². The normalized spacial score (nSPS) is 16.1. The molecule has 0 unspecified atom stereocenters. The van der Waals surface area contributed by atoms with Crippen LogP contribution in [0.3, 0.4) is 0 Å². The topological polar surface area (TPSA) is 23.6 Å². The standard InChI is InChI=1S/C11H12F2N2O/c1-14-4-5-15(11(14)16)7-8-2-3-9(12)10(13)6-8/h2-3,6H,4-5,7H2,1H3. The van der Waals surface area contributed by atoms with Gasteiger partial charge in [-0.25, -0.2) is 13.6 Å². The van der Waals surface area contributed by atoms with Crippen LogP contribution in [0, 0.1) is 11.6 Å². The molecule has 86 valence electrons. The molecule has 1 aromatic carbocycles. The Labute approximate surface area is 92.3 Å². The number of amides is 2. The van der Waals surface area contributed by atoms with Crippen LogP contribution >= 0.6 is 0 Å². The lowest BCUT2D eigenvalue weighted by Gasteiger charge is -2.15. The van der Waals surface area contributed by atoms with Gasteiger partial charge in [-0.2, -0.15) is 0 Å². The van der Waals surface area contributed by atoms with Crippen LogP contribution in [0.15, 0.2) is 18.2 Å². The molecule has 0 atom stereocenters. The molecule has 1 aliphatic rings. The molecule has 0 aromatic heterocycles. The van der Waals surface area contributed by atoms with Crippen LogP contribution in [-0.4, -0.2) is 36.0 Å². The van der Waals surface area contributed by atoms with Gasteiger partial charge in [-0.15, -0.1) is 0 Å². The van der Waals surface area contributed by atoms with E-state index in [1.54, 1.807) is 16.8 Å². The second-order valence-electron chi connectivity index (χ2n) is 3.87. The molecule has 0 radical (unpaired) electrons. The quantitative estimate of drug-likeness (QED) is 0.754. The van der Waals surface area contributed by atoms with Crippen molar-refractivity contribution in [3.8, 4) is 0 Å². The van der Waals surface area contributed by atoms with Gasteiger partial charge in [0.1, 0.15) is 0 Å². The molecule has 1 aromatic rings. The maximum absolute atomic E-state index is 12.9. The third-order valence-corrected chi connectivity index (χ3v) is 2.66. The Bertz CT molecular complexity index is 422. The maximum atomic E-state index is 12.9. The van der Waals surface area contributed by atoms with Crippen LogP contribution in [0.25, 0.3) is 0 Å². The Morgan fingerprint density at radius 2 is 2.00 bits per heavy atom. The van der Waals surface area contributed by atoms with Crippen molar-refractivity contribution in [3.63, 3.8) is 0 Å². The molecule has 0 spiro atoms. The van der Waals surface area contributed by atoms with E-state index in [1.165, 1.54) is 6.07 Å². The van der Waals surface area contributed by atoms with Crippen LogP contribution in [0.4, 0.5) is 13.6 Å². The Kier molecular flexibility index (Phi) is 2.77. The minimum absolute atomic E-state index is 0.0790. The number of rotatable bonds is 2. The number of benzene rings is 1. The fraction of sp³-hybridized carbons (Fsp3) is 0.364. The minimum Gasteiger partial charge on any atom is -0.326 e. The van der Waals surface area contributed by atoms with Gasteiger partial charge in [0.15, 0.2) is 11.6 Å². The van der Waals surface area contributed by atoms with E-state index >= 15 is 0 Å². The SMILES string of the molecule is CN1CCN(Cc2ccc(F)c(F)c2)C1=O. The molecular weight excluding hydrogens is 214 g/mol. The van der Waals surface area contributed by atoms with E-state index in [0.717, 1.165) is 12.1 Å². The Morgan fingerprint density at radius 3 is 2.56 bits per heavy atom. The lowest BCUT2D eigenvalue weighted by atomic mass is 10.2. The van der Waals surface area contributed by atoms with Gasteiger partial charge < -0.3 is 9.80 Å². The molecule has 1 aliphatic heterocycles. The minimum atomic E-state index is -0.877. The number of hydrogen-bond donors (Lipinski definition) is 0. The fourth-order valence-electron chi connectivity index (χ4n) is 1.71. The number of likely N-dealkylation sites (N-methyl/N-ethyl adjacent to an activating group) is 1. The van der Waals surface area contributed by atoms with Crippen molar-refractivity contribution < 1.29 is 13.6 Å². The van der Waals surface area contributed by atoms with Crippen LogP contribution in [0.1, 0.15) is 5.56 Å². The number of carbonyl (C=O) groups excluding carboxylic acids is 1. The molecule has 5 heteroatoms. The molecule has 2 rings (SSSR count). The summed E-state index contributed by atoms with van der Waals surface area (Å²) in [7, 11) is 1.72. The van der Waals surface area contributed by atoms with Gasteiger partial charge in [-0.1, -0.05) is 6.07 Å². The predicted octanol–water partition coefficient (Wildman–Crippen LogP) is 1.83. The maximum Gasteiger partial charge on any atom is 0.320 e. The van der Waals surface area contributed by atoms with Crippen molar-refractivity contribution in [2.45, 2.75) is 6.54 Å². The summed E-state index contributed by atoms with van der Waals surface area (Å²) in [5.41, 5.74) is 0.600. The smallest absolute Gasteiger partial charge is 0.320 e. The van der Waals surface area contributed by atoms with Crippen molar-refractivity contribution >= 4 is 6.03 Å². The van der Waals surface area contributed by atoms with Gasteiger partial charge in [0.05, 0.1) is 0 Å². The third kappa shape index (κ3) is 1.98. The van der Waals surface area contributed by atoms with E-state index < -0.39 is 11.6 Å². The third-order valence-electron chi connectivity index (χ3n) is 2.66.